The van der Waals surface area contributed by atoms with E-state index in [0.717, 1.165) is 16.3 Å². The van der Waals surface area contributed by atoms with Crippen molar-refractivity contribution in [2.45, 2.75) is 25.3 Å². The maximum atomic E-state index is 12.6. The van der Waals surface area contributed by atoms with Crippen molar-refractivity contribution in [2.24, 2.45) is 4.99 Å². The van der Waals surface area contributed by atoms with Gasteiger partial charge in [0, 0.05) is 35.1 Å². The van der Waals surface area contributed by atoms with Crippen LogP contribution in [0.1, 0.15) is 17.4 Å². The lowest BCUT2D eigenvalue weighted by Gasteiger charge is -2.26. The summed E-state index contributed by atoms with van der Waals surface area (Å²) in [7, 11) is 1.76. The highest BCUT2D eigenvalue weighted by atomic mass is 32.2. The molecule has 2 heterocycles. The Morgan fingerprint density at radius 3 is 2.83 bits per heavy atom. The number of aryl methyl sites for hydroxylation is 2. The number of aliphatic hydroxyl groups excluding tert-OH is 1. The molecular formula is C16H17N3O2S2. The zero-order valence-corrected chi connectivity index (χ0v) is 14.7. The Morgan fingerprint density at radius 1 is 1.35 bits per heavy atom. The average Bonchev–Trinajstić information content (AvgIpc) is 2.87. The van der Waals surface area contributed by atoms with Crippen molar-refractivity contribution in [3.8, 4) is 0 Å². The quantitative estimate of drug-likeness (QED) is 0.848. The summed E-state index contributed by atoms with van der Waals surface area (Å²) >= 11 is 2.87. The number of carbonyl (C=O) groups is 1. The summed E-state index contributed by atoms with van der Waals surface area (Å²) in [6.07, 6.45) is 1.97. The van der Waals surface area contributed by atoms with E-state index < -0.39 is 5.91 Å². The van der Waals surface area contributed by atoms with Gasteiger partial charge in [-0.2, -0.15) is 4.99 Å². The number of carbonyl (C=O) groups excluding carboxylic acids is 1. The van der Waals surface area contributed by atoms with Crippen molar-refractivity contribution in [2.75, 3.05) is 7.05 Å². The fourth-order valence-electron chi connectivity index (χ4n) is 2.40. The molecule has 1 aliphatic rings. The summed E-state index contributed by atoms with van der Waals surface area (Å²) in [4.78, 5) is 19.5. The van der Waals surface area contributed by atoms with Crippen molar-refractivity contribution in [3.05, 3.63) is 51.4 Å². The van der Waals surface area contributed by atoms with Gasteiger partial charge in [0.25, 0.3) is 0 Å². The molecule has 1 amide bonds. The number of aromatic nitrogens is 1. The number of amides is 1. The second-order valence-corrected chi connectivity index (χ2v) is 7.49. The molecule has 1 aliphatic heterocycles. The van der Waals surface area contributed by atoms with Gasteiger partial charge in [-0.15, -0.1) is 11.3 Å². The fourth-order valence-corrected chi connectivity index (χ4v) is 4.25. The Morgan fingerprint density at radius 2 is 2.09 bits per heavy atom. The van der Waals surface area contributed by atoms with Crippen molar-refractivity contribution >= 4 is 35.0 Å². The van der Waals surface area contributed by atoms with Crippen molar-refractivity contribution in [1.82, 2.24) is 8.87 Å². The summed E-state index contributed by atoms with van der Waals surface area (Å²) in [6, 6.07) is 7.47. The first-order chi connectivity index (χ1) is 11.0. The molecule has 0 saturated heterocycles. The third-order valence-corrected chi connectivity index (χ3v) is 5.44. The Bertz CT molecular complexity index is 864. The van der Waals surface area contributed by atoms with Crippen molar-refractivity contribution < 1.29 is 9.90 Å². The molecule has 0 unspecified atom stereocenters. The number of aliphatic hydroxyl groups is 1. The summed E-state index contributed by atoms with van der Waals surface area (Å²) in [5.41, 5.74) is 0.877. The van der Waals surface area contributed by atoms with Crippen LogP contribution in [0, 0.1) is 6.92 Å². The highest BCUT2D eigenvalue weighted by Crippen LogP contribution is 2.38. The van der Waals surface area contributed by atoms with Gasteiger partial charge in [0.15, 0.2) is 16.3 Å². The molecule has 0 aliphatic carbocycles. The van der Waals surface area contributed by atoms with E-state index in [2.05, 4.69) is 4.99 Å². The van der Waals surface area contributed by atoms with Crippen LogP contribution >= 0.6 is 23.3 Å². The molecule has 0 saturated carbocycles. The van der Waals surface area contributed by atoms with Gasteiger partial charge in [0.2, 0.25) is 0 Å². The minimum Gasteiger partial charge on any atom is -0.505 e. The SMILES string of the molecule is CCn1cc(C)sc1=NC(=O)C1=C(O)c2ccccc2SN1C. The zero-order valence-electron chi connectivity index (χ0n) is 13.1. The first-order valence-electron chi connectivity index (χ1n) is 7.21. The number of rotatable bonds is 2. The summed E-state index contributed by atoms with van der Waals surface area (Å²) in [5.74, 6) is -0.456. The van der Waals surface area contributed by atoms with Crippen molar-refractivity contribution in [3.63, 3.8) is 0 Å². The van der Waals surface area contributed by atoms with Crippen LogP contribution in [0.3, 0.4) is 0 Å². The van der Waals surface area contributed by atoms with E-state index in [-0.39, 0.29) is 11.5 Å². The standard InChI is InChI=1S/C16H17N3O2S2/c1-4-19-9-10(2)22-16(19)17-15(21)13-14(20)11-7-5-6-8-12(11)23-18(13)3/h5-9,20H,4H2,1-3H3. The third-order valence-electron chi connectivity index (χ3n) is 3.49. The molecule has 0 radical (unpaired) electrons. The largest absolute Gasteiger partial charge is 0.505 e. The molecule has 2 aromatic rings. The lowest BCUT2D eigenvalue weighted by atomic mass is 10.1. The van der Waals surface area contributed by atoms with E-state index >= 15 is 0 Å². The monoisotopic (exact) mass is 347 g/mol. The highest BCUT2D eigenvalue weighted by molar-refractivity contribution is 7.97. The van der Waals surface area contributed by atoms with Crippen LogP contribution in [-0.4, -0.2) is 26.9 Å². The van der Waals surface area contributed by atoms with Gasteiger partial charge in [-0.05, 0) is 37.9 Å². The number of nitrogens with zero attached hydrogens (tertiary/aromatic N) is 3. The highest BCUT2D eigenvalue weighted by Gasteiger charge is 2.28. The van der Waals surface area contributed by atoms with Crippen LogP contribution in [0.15, 0.2) is 46.0 Å². The summed E-state index contributed by atoms with van der Waals surface area (Å²) in [5, 5.41) is 10.5. The fraction of sp³-hybridized carbons (Fsp3) is 0.250. The molecule has 23 heavy (non-hydrogen) atoms. The maximum Gasteiger partial charge on any atom is 0.300 e. The van der Waals surface area contributed by atoms with Gasteiger partial charge in [0.05, 0.1) is 0 Å². The van der Waals surface area contributed by atoms with E-state index in [0.29, 0.717) is 10.4 Å². The van der Waals surface area contributed by atoms with Gasteiger partial charge in [-0.25, -0.2) is 0 Å². The molecule has 1 aromatic heterocycles. The molecule has 7 heteroatoms. The Kier molecular flexibility index (Phi) is 4.32. The minimum absolute atomic E-state index is 0.0214. The number of thiazole rings is 1. The predicted molar refractivity (Wildman–Crippen MR) is 92.9 cm³/mol. The predicted octanol–water partition coefficient (Wildman–Crippen LogP) is 3.18. The van der Waals surface area contributed by atoms with Gasteiger partial charge in [0.1, 0.15) is 0 Å². The Hall–Kier alpha value is -1.99. The van der Waals surface area contributed by atoms with Crippen LogP contribution in [-0.2, 0) is 11.3 Å². The van der Waals surface area contributed by atoms with Gasteiger partial charge < -0.3 is 14.0 Å². The molecule has 120 valence electrons. The molecule has 5 nitrogen and oxygen atoms in total. The van der Waals surface area contributed by atoms with E-state index in [1.54, 1.807) is 17.4 Å². The molecule has 0 bridgehead atoms. The lowest BCUT2D eigenvalue weighted by Crippen LogP contribution is -2.24. The molecular weight excluding hydrogens is 330 g/mol. The third kappa shape index (κ3) is 2.94. The van der Waals surface area contributed by atoms with E-state index in [1.165, 1.54) is 23.3 Å². The van der Waals surface area contributed by atoms with Gasteiger partial charge in [-0.1, -0.05) is 12.1 Å². The number of hydrogen-bond donors (Lipinski definition) is 1. The van der Waals surface area contributed by atoms with E-state index in [4.69, 9.17) is 0 Å². The van der Waals surface area contributed by atoms with E-state index in [1.807, 2.05) is 42.8 Å². The average molecular weight is 347 g/mol. The van der Waals surface area contributed by atoms with Crippen LogP contribution < -0.4 is 4.80 Å². The second-order valence-electron chi connectivity index (χ2n) is 5.11. The number of benzene rings is 1. The van der Waals surface area contributed by atoms with E-state index in [9.17, 15) is 9.90 Å². The van der Waals surface area contributed by atoms with Crippen LogP contribution in [0.25, 0.3) is 5.76 Å². The summed E-state index contributed by atoms with van der Waals surface area (Å²) in [6.45, 7) is 4.73. The molecule has 0 fully saturated rings. The van der Waals surface area contributed by atoms with Crippen molar-refractivity contribution in [1.29, 1.82) is 0 Å². The maximum absolute atomic E-state index is 12.6. The molecule has 3 rings (SSSR count). The van der Waals surface area contributed by atoms with Crippen LogP contribution in [0.2, 0.25) is 0 Å². The number of fused-ring (bicyclic) bond motifs is 1. The zero-order chi connectivity index (χ0) is 16.6. The molecule has 1 N–H and O–H groups in total. The first-order valence-corrected chi connectivity index (χ1v) is 8.80. The lowest BCUT2D eigenvalue weighted by molar-refractivity contribution is -0.115. The van der Waals surface area contributed by atoms with Crippen LogP contribution in [0.4, 0.5) is 0 Å². The molecule has 0 spiro atoms. The first kappa shape index (κ1) is 15.9. The summed E-state index contributed by atoms with van der Waals surface area (Å²) < 4.78 is 3.60. The van der Waals surface area contributed by atoms with Gasteiger partial charge in [-0.3, -0.25) is 4.79 Å². The smallest absolute Gasteiger partial charge is 0.300 e. The normalized spacial score (nSPS) is 15.1. The number of likely N-dealkylation sites (N-methyl/N-ethyl adjacent to an activating group) is 1. The van der Waals surface area contributed by atoms with Gasteiger partial charge >= 0.3 is 5.91 Å². The Balaban J connectivity index is 2.08. The molecule has 1 aromatic carbocycles. The second kappa shape index (κ2) is 6.25. The van der Waals surface area contributed by atoms with Crippen LogP contribution in [0.5, 0.6) is 0 Å². The minimum atomic E-state index is -0.434. The topological polar surface area (TPSA) is 57.8 Å². The number of hydrogen-bond acceptors (Lipinski definition) is 5. The Labute approximate surface area is 142 Å². The molecule has 0 atom stereocenters.